The largest absolute Gasteiger partial charge is 0.374 e. The molecule has 2 atom stereocenters. The number of hydrogen-bond acceptors (Lipinski definition) is 3. The van der Waals surface area contributed by atoms with Gasteiger partial charge in [-0.15, -0.1) is 0 Å². The summed E-state index contributed by atoms with van der Waals surface area (Å²) in [4.78, 5) is 2.61. The van der Waals surface area contributed by atoms with Crippen molar-refractivity contribution >= 4 is 0 Å². The van der Waals surface area contributed by atoms with Gasteiger partial charge in [-0.2, -0.15) is 0 Å². The van der Waals surface area contributed by atoms with Crippen molar-refractivity contribution in [3.05, 3.63) is 35.4 Å². The van der Waals surface area contributed by atoms with E-state index in [2.05, 4.69) is 34.5 Å². The summed E-state index contributed by atoms with van der Waals surface area (Å²) in [5, 5.41) is 3.59. The third-order valence-electron chi connectivity index (χ3n) is 5.16. The van der Waals surface area contributed by atoms with Gasteiger partial charge in [-0.25, -0.2) is 0 Å². The maximum Gasteiger partial charge on any atom is 0.0827 e. The molecular weight excluding hydrogens is 260 g/mol. The maximum absolute atomic E-state index is 6.00. The number of rotatable bonds is 5. The molecule has 4 rings (SSSR count). The molecule has 1 N–H and O–H groups in total. The molecule has 0 aromatic heterocycles. The molecule has 3 aliphatic rings. The highest BCUT2D eigenvalue weighted by atomic mass is 16.5. The Labute approximate surface area is 127 Å². The number of morpholine rings is 1. The Morgan fingerprint density at radius 3 is 3.10 bits per heavy atom. The topological polar surface area (TPSA) is 24.5 Å². The second-order valence-electron chi connectivity index (χ2n) is 6.90. The molecule has 2 saturated heterocycles. The minimum Gasteiger partial charge on any atom is -0.374 e. The van der Waals surface area contributed by atoms with Gasteiger partial charge in [0.1, 0.15) is 0 Å². The summed E-state index contributed by atoms with van der Waals surface area (Å²) in [6.07, 6.45) is 5.80. The van der Waals surface area contributed by atoms with Crippen molar-refractivity contribution in [2.45, 2.75) is 50.3 Å². The van der Waals surface area contributed by atoms with Crippen LogP contribution in [0.5, 0.6) is 0 Å². The zero-order valence-electron chi connectivity index (χ0n) is 12.8. The van der Waals surface area contributed by atoms with Crippen LogP contribution in [0.15, 0.2) is 24.3 Å². The fraction of sp³-hybridized carbons (Fsp3) is 0.667. The minimum absolute atomic E-state index is 0.367. The average molecular weight is 286 g/mol. The number of nitrogens with zero attached hydrogens (tertiary/aromatic N) is 1. The monoisotopic (exact) mass is 286 g/mol. The van der Waals surface area contributed by atoms with E-state index in [1.165, 1.54) is 43.4 Å². The van der Waals surface area contributed by atoms with Crippen LogP contribution in [0.2, 0.25) is 0 Å². The van der Waals surface area contributed by atoms with Gasteiger partial charge in [0.05, 0.1) is 12.7 Å². The van der Waals surface area contributed by atoms with Gasteiger partial charge in [-0.3, -0.25) is 4.90 Å². The van der Waals surface area contributed by atoms with Gasteiger partial charge in [0, 0.05) is 25.7 Å². The number of benzene rings is 1. The SMILES string of the molecule is c1cc(CNCC2CN3CCCC3CO2)cc(C2CC2)c1. The van der Waals surface area contributed by atoms with Crippen LogP contribution in [0.3, 0.4) is 0 Å². The first-order valence-corrected chi connectivity index (χ1v) is 8.54. The Balaban J connectivity index is 1.25. The highest BCUT2D eigenvalue weighted by Gasteiger charge is 2.31. The van der Waals surface area contributed by atoms with Gasteiger partial charge in [0.2, 0.25) is 0 Å². The Bertz CT molecular complexity index is 486. The molecule has 3 heteroatoms. The summed E-state index contributed by atoms with van der Waals surface area (Å²) in [5.41, 5.74) is 2.94. The fourth-order valence-corrected chi connectivity index (χ4v) is 3.76. The standard InChI is InChI=1S/C18H26N2O/c1-3-14(9-16(4-1)15-6-7-15)10-19-11-18-12-20-8-2-5-17(20)13-21-18/h1,3-4,9,15,17-19H,2,5-8,10-13H2. The Morgan fingerprint density at radius 1 is 1.24 bits per heavy atom. The van der Waals surface area contributed by atoms with Crippen molar-refractivity contribution in [3.63, 3.8) is 0 Å². The van der Waals surface area contributed by atoms with Crippen LogP contribution in [-0.4, -0.2) is 43.3 Å². The molecule has 0 radical (unpaired) electrons. The van der Waals surface area contributed by atoms with Crippen molar-refractivity contribution in [2.75, 3.05) is 26.2 Å². The van der Waals surface area contributed by atoms with Crippen LogP contribution in [0, 0.1) is 0 Å². The van der Waals surface area contributed by atoms with Crippen LogP contribution >= 0.6 is 0 Å². The van der Waals surface area contributed by atoms with Gasteiger partial charge in [0.15, 0.2) is 0 Å². The predicted molar refractivity (Wildman–Crippen MR) is 84.5 cm³/mol. The van der Waals surface area contributed by atoms with E-state index in [1.54, 1.807) is 0 Å². The van der Waals surface area contributed by atoms with E-state index in [-0.39, 0.29) is 0 Å². The van der Waals surface area contributed by atoms with E-state index < -0.39 is 0 Å². The average Bonchev–Trinajstić information content (AvgIpc) is 3.26. The number of nitrogens with one attached hydrogen (secondary N) is 1. The molecule has 21 heavy (non-hydrogen) atoms. The highest BCUT2D eigenvalue weighted by molar-refractivity contribution is 5.29. The van der Waals surface area contributed by atoms with E-state index in [9.17, 15) is 0 Å². The number of ether oxygens (including phenoxy) is 1. The van der Waals surface area contributed by atoms with E-state index in [1.807, 2.05) is 0 Å². The van der Waals surface area contributed by atoms with Crippen LogP contribution in [0.4, 0.5) is 0 Å². The summed E-state index contributed by atoms with van der Waals surface area (Å²) in [5.74, 6) is 0.846. The zero-order valence-corrected chi connectivity index (χ0v) is 12.8. The van der Waals surface area contributed by atoms with E-state index in [0.29, 0.717) is 12.1 Å². The molecule has 1 aliphatic carbocycles. The lowest BCUT2D eigenvalue weighted by molar-refractivity contribution is -0.0470. The first-order valence-electron chi connectivity index (χ1n) is 8.54. The lowest BCUT2D eigenvalue weighted by atomic mass is 10.1. The molecule has 1 aromatic rings. The van der Waals surface area contributed by atoms with E-state index >= 15 is 0 Å². The minimum atomic E-state index is 0.367. The molecule has 2 aliphatic heterocycles. The van der Waals surface area contributed by atoms with E-state index in [4.69, 9.17) is 4.74 Å². The summed E-state index contributed by atoms with van der Waals surface area (Å²) in [7, 11) is 0. The van der Waals surface area contributed by atoms with Gasteiger partial charge < -0.3 is 10.1 Å². The Hall–Kier alpha value is -0.900. The van der Waals surface area contributed by atoms with Crippen molar-refractivity contribution in [1.82, 2.24) is 10.2 Å². The fourth-order valence-electron chi connectivity index (χ4n) is 3.76. The molecule has 2 unspecified atom stereocenters. The molecule has 0 bridgehead atoms. The van der Waals surface area contributed by atoms with Crippen LogP contribution < -0.4 is 5.32 Å². The highest BCUT2D eigenvalue weighted by Crippen LogP contribution is 2.40. The molecule has 114 valence electrons. The molecule has 1 saturated carbocycles. The normalized spacial score (nSPS) is 29.5. The van der Waals surface area contributed by atoms with Gasteiger partial charge >= 0.3 is 0 Å². The quantitative estimate of drug-likeness (QED) is 0.900. The summed E-state index contributed by atoms with van der Waals surface area (Å²) in [6.45, 7) is 5.25. The molecule has 3 fully saturated rings. The summed E-state index contributed by atoms with van der Waals surface area (Å²) in [6, 6.07) is 9.80. The maximum atomic E-state index is 6.00. The first kappa shape index (κ1) is 13.7. The molecule has 3 nitrogen and oxygen atoms in total. The number of fused-ring (bicyclic) bond motifs is 1. The van der Waals surface area contributed by atoms with Crippen LogP contribution in [0.1, 0.15) is 42.7 Å². The molecule has 1 aromatic carbocycles. The Kier molecular flexibility index (Phi) is 3.97. The van der Waals surface area contributed by atoms with Crippen molar-refractivity contribution < 1.29 is 4.74 Å². The molecule has 0 spiro atoms. The second-order valence-corrected chi connectivity index (χ2v) is 6.90. The molecule has 2 heterocycles. The third kappa shape index (κ3) is 3.31. The first-order chi connectivity index (χ1) is 10.4. The van der Waals surface area contributed by atoms with Crippen LogP contribution in [0.25, 0.3) is 0 Å². The van der Waals surface area contributed by atoms with E-state index in [0.717, 1.165) is 32.2 Å². The second kappa shape index (κ2) is 6.07. The smallest absolute Gasteiger partial charge is 0.0827 e. The Morgan fingerprint density at radius 2 is 2.19 bits per heavy atom. The van der Waals surface area contributed by atoms with Gasteiger partial charge in [-0.05, 0) is 49.3 Å². The van der Waals surface area contributed by atoms with Gasteiger partial charge in [0.25, 0.3) is 0 Å². The predicted octanol–water partition coefficient (Wildman–Crippen LogP) is 2.52. The zero-order chi connectivity index (χ0) is 14.1. The summed E-state index contributed by atoms with van der Waals surface area (Å²) >= 11 is 0. The summed E-state index contributed by atoms with van der Waals surface area (Å²) < 4.78 is 6.00. The third-order valence-corrected chi connectivity index (χ3v) is 5.16. The lowest BCUT2D eigenvalue weighted by Gasteiger charge is -2.35. The number of hydrogen-bond donors (Lipinski definition) is 1. The molecular formula is C18H26N2O. The lowest BCUT2D eigenvalue weighted by Crippen LogP contribution is -2.49. The van der Waals surface area contributed by atoms with Gasteiger partial charge in [-0.1, -0.05) is 24.3 Å². The van der Waals surface area contributed by atoms with Crippen molar-refractivity contribution in [3.8, 4) is 0 Å². The van der Waals surface area contributed by atoms with Crippen LogP contribution in [-0.2, 0) is 11.3 Å². The van der Waals surface area contributed by atoms with Crippen molar-refractivity contribution in [2.24, 2.45) is 0 Å². The molecule has 0 amide bonds. The van der Waals surface area contributed by atoms with Crippen molar-refractivity contribution in [1.29, 1.82) is 0 Å².